The Kier molecular flexibility index (Phi) is 7.10. The van der Waals surface area contributed by atoms with Crippen LogP contribution in [0.1, 0.15) is 38.9 Å². The fourth-order valence-corrected chi connectivity index (χ4v) is 7.71. The van der Waals surface area contributed by atoms with Crippen molar-refractivity contribution in [2.24, 2.45) is 0 Å². The molecule has 0 atom stereocenters. The minimum atomic E-state index is -0.514. The van der Waals surface area contributed by atoms with Crippen molar-refractivity contribution in [3.8, 4) is 45.3 Å². The molecule has 7 aromatic rings. The number of aryl methyl sites for hydroxylation is 1. The highest BCUT2D eigenvalue weighted by atomic mass is 16.6. The zero-order valence-electron chi connectivity index (χ0n) is 27.8. The van der Waals surface area contributed by atoms with E-state index in [1.807, 2.05) is 6.07 Å². The van der Waals surface area contributed by atoms with Gasteiger partial charge in [-0.05, 0) is 80.8 Å². The highest BCUT2D eigenvalue weighted by Gasteiger charge is 2.48. The lowest BCUT2D eigenvalue weighted by Crippen LogP contribution is -2.28. The molecule has 0 saturated heterocycles. The first kappa shape index (κ1) is 29.7. The molecule has 50 heavy (non-hydrogen) atoms. The van der Waals surface area contributed by atoms with Crippen molar-refractivity contribution >= 4 is 11.6 Å². The minimum absolute atomic E-state index is 0.514. The van der Waals surface area contributed by atoms with Crippen molar-refractivity contribution in [3.05, 3.63) is 215 Å². The molecule has 0 fully saturated rings. The van der Waals surface area contributed by atoms with Crippen molar-refractivity contribution in [1.29, 1.82) is 0 Å². The van der Waals surface area contributed by atoms with Crippen LogP contribution in [0.5, 0.6) is 23.0 Å². The van der Waals surface area contributed by atoms with Gasteiger partial charge in [0.1, 0.15) is 0 Å². The number of allylic oxidation sites excluding steroid dienone is 2. The number of fused-ring (bicyclic) bond motifs is 6. The van der Waals surface area contributed by atoms with Crippen LogP contribution in [0, 0.1) is 6.92 Å². The van der Waals surface area contributed by atoms with Gasteiger partial charge in [0.25, 0.3) is 0 Å². The molecule has 1 aliphatic carbocycles. The van der Waals surface area contributed by atoms with Gasteiger partial charge in [-0.1, -0.05) is 170 Å². The third-order valence-electron chi connectivity index (χ3n) is 10.1. The summed E-state index contributed by atoms with van der Waals surface area (Å²) in [5, 5.41) is 0. The second-order valence-electron chi connectivity index (χ2n) is 13.0. The molecule has 0 amide bonds. The van der Waals surface area contributed by atoms with Crippen LogP contribution in [0.3, 0.4) is 0 Å². The topological polar surface area (TPSA) is 18.5 Å². The molecule has 0 bridgehead atoms. The largest absolute Gasteiger partial charge is 0.449 e. The maximum Gasteiger partial charge on any atom is 0.178 e. The van der Waals surface area contributed by atoms with Gasteiger partial charge in [0.05, 0.1) is 5.41 Å². The predicted octanol–water partition coefficient (Wildman–Crippen LogP) is 12.6. The summed E-state index contributed by atoms with van der Waals surface area (Å²) >= 11 is 0. The second kappa shape index (κ2) is 11.9. The quantitative estimate of drug-likeness (QED) is 0.168. The van der Waals surface area contributed by atoms with E-state index in [0.717, 1.165) is 44.7 Å². The molecule has 2 nitrogen and oxygen atoms in total. The van der Waals surface area contributed by atoms with E-state index >= 15 is 0 Å². The summed E-state index contributed by atoms with van der Waals surface area (Å²) in [6.07, 6.45) is 4.20. The third-order valence-corrected chi connectivity index (χ3v) is 10.1. The maximum atomic E-state index is 6.96. The van der Waals surface area contributed by atoms with E-state index < -0.39 is 5.41 Å². The van der Waals surface area contributed by atoms with Gasteiger partial charge in [-0.25, -0.2) is 0 Å². The zero-order chi connectivity index (χ0) is 33.7. The average Bonchev–Trinajstić information content (AvgIpc) is 3.49. The molecule has 0 spiro atoms. The summed E-state index contributed by atoms with van der Waals surface area (Å²) in [4.78, 5) is 0. The lowest BCUT2D eigenvalue weighted by molar-refractivity contribution is 0.360. The second-order valence-corrected chi connectivity index (χ2v) is 13.0. The summed E-state index contributed by atoms with van der Waals surface area (Å²) in [6, 6.07) is 57.7. The lowest BCUT2D eigenvalue weighted by atomic mass is 9.68. The summed E-state index contributed by atoms with van der Waals surface area (Å²) in [7, 11) is 0. The van der Waals surface area contributed by atoms with Crippen molar-refractivity contribution in [3.63, 3.8) is 0 Å². The number of rotatable bonds is 6. The molecule has 1 aliphatic heterocycles. The van der Waals surface area contributed by atoms with Crippen molar-refractivity contribution < 1.29 is 9.47 Å². The molecule has 0 aromatic heterocycles. The molecule has 1 heterocycles. The first-order chi connectivity index (χ1) is 24.6. The van der Waals surface area contributed by atoms with Crippen LogP contribution >= 0.6 is 0 Å². The Bertz CT molecular complexity index is 2400. The van der Waals surface area contributed by atoms with E-state index in [-0.39, 0.29) is 0 Å². The van der Waals surface area contributed by atoms with Crippen LogP contribution in [-0.2, 0) is 5.41 Å². The van der Waals surface area contributed by atoms with Gasteiger partial charge in [-0.2, -0.15) is 0 Å². The first-order valence-electron chi connectivity index (χ1n) is 17.0. The molecule has 2 heteroatoms. The van der Waals surface area contributed by atoms with E-state index in [9.17, 15) is 0 Å². The fourth-order valence-electron chi connectivity index (χ4n) is 7.71. The zero-order valence-corrected chi connectivity index (χ0v) is 27.8. The molecule has 9 rings (SSSR count). The van der Waals surface area contributed by atoms with Gasteiger partial charge in [-0.3, -0.25) is 0 Å². The molecule has 7 aromatic carbocycles. The number of hydrogen-bond donors (Lipinski definition) is 0. The van der Waals surface area contributed by atoms with Crippen LogP contribution in [0.15, 0.2) is 176 Å². The predicted molar refractivity (Wildman–Crippen MR) is 205 cm³/mol. The Morgan fingerprint density at radius 1 is 0.560 bits per heavy atom. The van der Waals surface area contributed by atoms with Crippen LogP contribution in [0.4, 0.5) is 0 Å². The Labute approximate surface area is 293 Å². The van der Waals surface area contributed by atoms with Gasteiger partial charge >= 0.3 is 0 Å². The Morgan fingerprint density at radius 2 is 1.20 bits per heavy atom. The van der Waals surface area contributed by atoms with E-state index in [1.165, 1.54) is 27.8 Å². The van der Waals surface area contributed by atoms with Gasteiger partial charge < -0.3 is 9.47 Å². The van der Waals surface area contributed by atoms with E-state index in [1.54, 1.807) is 0 Å². The van der Waals surface area contributed by atoms with Gasteiger partial charge in [-0.15, -0.1) is 0 Å². The summed E-state index contributed by atoms with van der Waals surface area (Å²) in [6.45, 7) is 6.54. The van der Waals surface area contributed by atoms with Crippen LogP contribution in [-0.4, -0.2) is 0 Å². The molecular weight excluding hydrogens is 609 g/mol. The van der Waals surface area contributed by atoms with Crippen molar-refractivity contribution in [1.82, 2.24) is 0 Å². The van der Waals surface area contributed by atoms with Crippen molar-refractivity contribution in [2.75, 3.05) is 0 Å². The normalized spacial score (nSPS) is 13.4. The number of ether oxygens (including phenoxy) is 2. The summed E-state index contributed by atoms with van der Waals surface area (Å²) in [5.74, 6) is 2.84. The standard InChI is InChI=1S/C48H34O2/c1-32-21-24-34(25-22-32)26-23-33(2)38-17-9-10-18-39(38)35-27-29-43-45(31-35)50-47-44(49-43)30-28-42-46(47)40-19-11-12-20-41(40)48(42,36-13-5-3-6-14-36)37-15-7-4-8-16-37/h3-31H,2H2,1H3/b26-23+. The SMILES string of the molecule is C=C(/C=C/c1ccc(C)cc1)c1ccccc1-c1ccc2c(c1)Oc1c(ccc3c1-c1ccccc1C3(c1ccccc1)c1ccccc1)O2. The van der Waals surface area contributed by atoms with Gasteiger partial charge in [0.15, 0.2) is 23.0 Å². The average molecular weight is 643 g/mol. The Hall–Kier alpha value is -6.38. The smallest absolute Gasteiger partial charge is 0.178 e. The van der Waals surface area contributed by atoms with Crippen LogP contribution in [0.2, 0.25) is 0 Å². The molecular formula is C48H34O2. The van der Waals surface area contributed by atoms with E-state index in [0.29, 0.717) is 17.2 Å². The van der Waals surface area contributed by atoms with Crippen LogP contribution in [0.25, 0.3) is 33.9 Å². The van der Waals surface area contributed by atoms with E-state index in [4.69, 9.17) is 9.47 Å². The monoisotopic (exact) mass is 642 g/mol. The van der Waals surface area contributed by atoms with Gasteiger partial charge in [0, 0.05) is 5.56 Å². The molecule has 0 N–H and O–H groups in total. The summed E-state index contributed by atoms with van der Waals surface area (Å²) in [5.41, 5.74) is 13.1. The molecule has 0 saturated carbocycles. The summed E-state index contributed by atoms with van der Waals surface area (Å²) < 4.78 is 13.6. The Morgan fingerprint density at radius 3 is 1.94 bits per heavy atom. The fraction of sp³-hybridized carbons (Fsp3) is 0.0417. The number of hydrogen-bond acceptors (Lipinski definition) is 2. The highest BCUT2D eigenvalue weighted by molar-refractivity contribution is 5.92. The molecule has 238 valence electrons. The number of benzene rings is 7. The molecule has 0 radical (unpaired) electrons. The Balaban J connectivity index is 1.15. The minimum Gasteiger partial charge on any atom is -0.449 e. The maximum absolute atomic E-state index is 6.96. The molecule has 2 aliphatic rings. The highest BCUT2D eigenvalue weighted by Crippen LogP contribution is 2.62. The molecule has 0 unspecified atom stereocenters. The van der Waals surface area contributed by atoms with Crippen molar-refractivity contribution in [2.45, 2.75) is 12.3 Å². The van der Waals surface area contributed by atoms with Crippen LogP contribution < -0.4 is 9.47 Å². The third kappa shape index (κ3) is 4.72. The lowest BCUT2D eigenvalue weighted by Gasteiger charge is -2.34. The van der Waals surface area contributed by atoms with Gasteiger partial charge in [0.2, 0.25) is 0 Å². The van der Waals surface area contributed by atoms with E-state index in [2.05, 4.69) is 183 Å². The first-order valence-corrected chi connectivity index (χ1v) is 17.0.